The Balaban J connectivity index is 0.000000273. The molecule has 3 rings (SSSR count). The maximum atomic E-state index is 10.3. The van der Waals surface area contributed by atoms with Gasteiger partial charge in [-0.05, 0) is 18.6 Å². The van der Waals surface area contributed by atoms with E-state index in [-0.39, 0.29) is 0 Å². The average molecular weight is 499 g/mol. The smallest absolute Gasteiger partial charge is 0.336 e. The van der Waals surface area contributed by atoms with Gasteiger partial charge in [-0.15, -0.1) is 0 Å². The second-order valence-corrected chi connectivity index (χ2v) is 8.40. The van der Waals surface area contributed by atoms with Gasteiger partial charge in [0.05, 0.1) is 31.7 Å². The van der Waals surface area contributed by atoms with Crippen molar-refractivity contribution in [2.45, 2.75) is 44.4 Å². The van der Waals surface area contributed by atoms with Crippen LogP contribution in [-0.4, -0.2) is 68.3 Å². The lowest BCUT2D eigenvalue weighted by molar-refractivity contribution is -0.170. The predicted molar refractivity (Wildman–Crippen MR) is 118 cm³/mol. The first-order chi connectivity index (χ1) is 16.0. The standard InChI is InChI=1S/C16H19ClN2O2.C6H8O7/c1-11-6-14(21-19-11)7-13-9-20-10-16(13)18-8-12-4-2-3-5-15(12)17;7-3(8)1-6(13,5(11)12)2-4(9)10/h2-6,13,16,18H,7-10H2,1H3;13H,1-2H2,(H,7,8)(H,9,10)(H,11,12)/t13-,16-;/m1./s1. The minimum atomic E-state index is -2.74. The van der Waals surface area contributed by atoms with Gasteiger partial charge in [0.15, 0.2) is 5.60 Å². The highest BCUT2D eigenvalue weighted by Gasteiger charge is 2.40. The fourth-order valence-electron chi connectivity index (χ4n) is 3.39. The number of hydrogen-bond donors (Lipinski definition) is 5. The van der Waals surface area contributed by atoms with Crippen LogP contribution < -0.4 is 5.32 Å². The molecule has 1 aliphatic heterocycles. The Labute approximate surface area is 200 Å². The molecule has 1 aromatic carbocycles. The zero-order chi connectivity index (χ0) is 25.3. The molecule has 0 unspecified atom stereocenters. The van der Waals surface area contributed by atoms with Crippen molar-refractivity contribution in [2.24, 2.45) is 5.92 Å². The number of nitrogens with zero attached hydrogens (tertiary/aromatic N) is 1. The van der Waals surface area contributed by atoms with Crippen molar-refractivity contribution < 1.29 is 44.1 Å². The second-order valence-electron chi connectivity index (χ2n) is 7.99. The van der Waals surface area contributed by atoms with Crippen LogP contribution in [0.15, 0.2) is 34.9 Å². The lowest BCUT2D eigenvalue weighted by atomic mass is 9.96. The van der Waals surface area contributed by atoms with Crippen LogP contribution in [0.2, 0.25) is 5.02 Å². The summed E-state index contributed by atoms with van der Waals surface area (Å²) in [6.07, 6.45) is -1.44. The van der Waals surface area contributed by atoms with E-state index in [2.05, 4.69) is 10.5 Å². The van der Waals surface area contributed by atoms with Gasteiger partial charge in [-0.25, -0.2) is 4.79 Å². The minimum absolute atomic E-state index is 0.312. The van der Waals surface area contributed by atoms with Gasteiger partial charge in [0.25, 0.3) is 0 Å². The zero-order valence-corrected chi connectivity index (χ0v) is 19.2. The second kappa shape index (κ2) is 12.5. The third-order valence-electron chi connectivity index (χ3n) is 5.14. The van der Waals surface area contributed by atoms with Crippen LogP contribution >= 0.6 is 11.6 Å². The number of rotatable bonds is 10. The third-order valence-corrected chi connectivity index (χ3v) is 5.51. The highest BCUT2D eigenvalue weighted by molar-refractivity contribution is 6.31. The molecule has 0 aliphatic carbocycles. The van der Waals surface area contributed by atoms with Crippen LogP contribution in [0.1, 0.15) is 29.9 Å². The lowest BCUT2D eigenvalue weighted by Gasteiger charge is -2.18. The summed E-state index contributed by atoms with van der Waals surface area (Å²) in [4.78, 5) is 30.5. The number of carboxylic acids is 3. The van der Waals surface area contributed by atoms with E-state index < -0.39 is 36.4 Å². The summed E-state index contributed by atoms with van der Waals surface area (Å²) < 4.78 is 10.9. The fraction of sp³-hybridized carbons (Fsp3) is 0.455. The molecule has 34 heavy (non-hydrogen) atoms. The molecule has 11 nitrogen and oxygen atoms in total. The Morgan fingerprint density at radius 1 is 1.15 bits per heavy atom. The first-order valence-corrected chi connectivity index (χ1v) is 10.7. The summed E-state index contributed by atoms with van der Waals surface area (Å²) in [5.41, 5.74) is -0.706. The molecule has 5 N–H and O–H groups in total. The summed E-state index contributed by atoms with van der Waals surface area (Å²) in [5.74, 6) is -3.69. The van der Waals surface area contributed by atoms with Crippen LogP contribution in [0.4, 0.5) is 0 Å². The van der Waals surface area contributed by atoms with E-state index in [1.807, 2.05) is 37.3 Å². The molecule has 1 aliphatic rings. The van der Waals surface area contributed by atoms with Crippen LogP contribution in [0.5, 0.6) is 0 Å². The van der Waals surface area contributed by atoms with E-state index in [1.165, 1.54) is 0 Å². The van der Waals surface area contributed by atoms with Gasteiger partial charge in [-0.1, -0.05) is 35.0 Å². The van der Waals surface area contributed by atoms with Crippen molar-refractivity contribution in [1.29, 1.82) is 0 Å². The minimum Gasteiger partial charge on any atom is -0.481 e. The monoisotopic (exact) mass is 498 g/mol. The molecule has 186 valence electrons. The Hall–Kier alpha value is -2.99. The highest BCUT2D eigenvalue weighted by atomic mass is 35.5. The van der Waals surface area contributed by atoms with Crippen molar-refractivity contribution in [3.63, 3.8) is 0 Å². The third kappa shape index (κ3) is 8.41. The summed E-state index contributed by atoms with van der Waals surface area (Å²) in [6, 6.07) is 10.2. The van der Waals surface area contributed by atoms with Crippen molar-refractivity contribution in [2.75, 3.05) is 13.2 Å². The summed E-state index contributed by atoms with van der Waals surface area (Å²) >= 11 is 6.18. The van der Waals surface area contributed by atoms with E-state index in [4.69, 9.17) is 41.3 Å². The number of ether oxygens (including phenoxy) is 1. The van der Waals surface area contributed by atoms with Crippen LogP contribution in [0.25, 0.3) is 0 Å². The van der Waals surface area contributed by atoms with Crippen LogP contribution in [0.3, 0.4) is 0 Å². The largest absolute Gasteiger partial charge is 0.481 e. The first-order valence-electron chi connectivity index (χ1n) is 10.4. The number of aryl methyl sites for hydroxylation is 1. The molecule has 0 bridgehead atoms. The Morgan fingerprint density at radius 3 is 2.32 bits per heavy atom. The molecule has 0 amide bonds. The molecule has 1 aromatic heterocycles. The molecule has 0 saturated carbocycles. The fourth-order valence-corrected chi connectivity index (χ4v) is 3.60. The van der Waals surface area contributed by atoms with Gasteiger partial charge in [-0.3, -0.25) is 9.59 Å². The molecule has 12 heteroatoms. The molecule has 2 heterocycles. The molecule has 0 radical (unpaired) electrons. The van der Waals surface area contributed by atoms with Gasteiger partial charge in [0.1, 0.15) is 5.76 Å². The Kier molecular flexibility index (Phi) is 9.99. The van der Waals surface area contributed by atoms with Gasteiger partial charge < -0.3 is 35.0 Å². The molecule has 2 aromatic rings. The number of carboxylic acid groups (broad SMARTS) is 3. The maximum absolute atomic E-state index is 10.3. The number of aromatic nitrogens is 1. The SMILES string of the molecule is Cc1cc(C[C@@H]2COC[C@H]2NCc2ccccc2Cl)on1.O=C(O)CC(O)(CC(=O)O)C(=O)O. The number of carbonyl (C=O) groups is 3. The maximum Gasteiger partial charge on any atom is 0.336 e. The lowest BCUT2D eigenvalue weighted by Crippen LogP contribution is -2.42. The molecular weight excluding hydrogens is 472 g/mol. The van der Waals surface area contributed by atoms with E-state index in [9.17, 15) is 14.4 Å². The molecular formula is C22H27ClN2O9. The number of aliphatic hydroxyl groups is 1. The molecule has 1 saturated heterocycles. The van der Waals surface area contributed by atoms with E-state index >= 15 is 0 Å². The van der Waals surface area contributed by atoms with Crippen LogP contribution in [-0.2, 0) is 32.1 Å². The van der Waals surface area contributed by atoms with Crippen molar-refractivity contribution in [3.8, 4) is 0 Å². The number of aliphatic carboxylic acids is 3. The van der Waals surface area contributed by atoms with Crippen molar-refractivity contribution in [3.05, 3.63) is 52.4 Å². The van der Waals surface area contributed by atoms with Gasteiger partial charge in [0, 0.05) is 36.0 Å². The zero-order valence-electron chi connectivity index (χ0n) is 18.4. The van der Waals surface area contributed by atoms with Gasteiger partial charge in [0.2, 0.25) is 0 Å². The van der Waals surface area contributed by atoms with Gasteiger partial charge >= 0.3 is 17.9 Å². The van der Waals surface area contributed by atoms with Crippen molar-refractivity contribution in [1.82, 2.24) is 10.5 Å². The Bertz CT molecular complexity index is 978. The number of benzene rings is 1. The topological polar surface area (TPSA) is 179 Å². The number of nitrogens with one attached hydrogen (secondary N) is 1. The van der Waals surface area contributed by atoms with E-state index in [1.54, 1.807) is 0 Å². The van der Waals surface area contributed by atoms with E-state index in [0.717, 1.165) is 48.2 Å². The van der Waals surface area contributed by atoms with Crippen LogP contribution in [0, 0.1) is 12.8 Å². The summed E-state index contributed by atoms with van der Waals surface area (Å²) in [5, 5.41) is 42.1. The average Bonchev–Trinajstić information content (AvgIpc) is 3.35. The number of hydrogen-bond acceptors (Lipinski definition) is 8. The Morgan fingerprint density at radius 2 is 1.79 bits per heavy atom. The quantitative estimate of drug-likeness (QED) is 0.322. The summed E-state index contributed by atoms with van der Waals surface area (Å²) in [7, 11) is 0. The molecule has 2 atom stereocenters. The summed E-state index contributed by atoms with van der Waals surface area (Å²) in [6.45, 7) is 4.16. The predicted octanol–water partition coefficient (Wildman–Crippen LogP) is 1.74. The van der Waals surface area contributed by atoms with E-state index in [0.29, 0.717) is 12.0 Å². The van der Waals surface area contributed by atoms with Gasteiger partial charge in [-0.2, -0.15) is 0 Å². The number of halogens is 1. The normalized spacial score (nSPS) is 17.6. The van der Waals surface area contributed by atoms with Crippen molar-refractivity contribution >= 4 is 29.5 Å². The first kappa shape index (κ1) is 27.3. The molecule has 0 spiro atoms. The molecule has 1 fully saturated rings. The highest BCUT2D eigenvalue weighted by Crippen LogP contribution is 2.21.